The molecule has 0 saturated carbocycles. The van der Waals surface area contributed by atoms with E-state index < -0.39 is 11.3 Å². The number of ether oxygens (including phenoxy) is 1. The molecule has 6 heteroatoms. The van der Waals surface area contributed by atoms with Crippen LogP contribution in [0.5, 0.6) is 0 Å². The topological polar surface area (TPSA) is 55.4 Å². The highest BCUT2D eigenvalue weighted by atomic mass is 79.9. The van der Waals surface area contributed by atoms with Crippen molar-refractivity contribution in [2.45, 2.75) is 12.3 Å². The molecule has 1 aromatic rings. The summed E-state index contributed by atoms with van der Waals surface area (Å²) in [7, 11) is 1.25. The van der Waals surface area contributed by atoms with Crippen molar-refractivity contribution in [3.05, 3.63) is 33.8 Å². The lowest BCUT2D eigenvalue weighted by Gasteiger charge is -2.10. The van der Waals surface area contributed by atoms with Gasteiger partial charge in [-0.25, -0.2) is 0 Å². The third kappa shape index (κ3) is 3.99. The van der Waals surface area contributed by atoms with Gasteiger partial charge in [-0.2, -0.15) is 0 Å². The highest BCUT2D eigenvalue weighted by Gasteiger charge is 2.17. The van der Waals surface area contributed by atoms with Crippen molar-refractivity contribution in [1.29, 1.82) is 0 Å². The quantitative estimate of drug-likeness (QED) is 0.679. The predicted octanol–water partition coefficient (Wildman–Crippen LogP) is 2.27. The minimum atomic E-state index is -0.880. The first kappa shape index (κ1) is 15.0. The van der Waals surface area contributed by atoms with Gasteiger partial charge in [0.2, 0.25) is 0 Å². The first-order valence-corrected chi connectivity index (χ1v) is 6.45. The summed E-state index contributed by atoms with van der Waals surface area (Å²) in [4.78, 5) is 22.9. The van der Waals surface area contributed by atoms with Gasteiger partial charge < -0.3 is 10.1 Å². The SMILES string of the molecule is COC(=O)C(Cl)CNC(=O)c1ccc(Br)cc1C. The average molecular weight is 335 g/mol. The maximum absolute atomic E-state index is 11.9. The van der Waals surface area contributed by atoms with Crippen LogP contribution >= 0.6 is 27.5 Å². The lowest BCUT2D eigenvalue weighted by atomic mass is 10.1. The summed E-state index contributed by atoms with van der Waals surface area (Å²) in [6.45, 7) is 1.86. The zero-order valence-electron chi connectivity index (χ0n) is 10.00. The van der Waals surface area contributed by atoms with Crippen LogP contribution in [0, 0.1) is 6.92 Å². The minimum absolute atomic E-state index is 0.0303. The van der Waals surface area contributed by atoms with Crippen LogP contribution in [0.4, 0.5) is 0 Å². The van der Waals surface area contributed by atoms with Gasteiger partial charge in [-0.1, -0.05) is 15.9 Å². The average Bonchev–Trinajstić information content (AvgIpc) is 2.34. The third-order valence-corrected chi connectivity index (χ3v) is 3.16. The van der Waals surface area contributed by atoms with E-state index in [4.69, 9.17) is 11.6 Å². The lowest BCUT2D eigenvalue weighted by Crippen LogP contribution is -2.34. The molecule has 0 spiro atoms. The number of aryl methyl sites for hydroxylation is 1. The maximum atomic E-state index is 11.9. The second kappa shape index (κ2) is 6.75. The van der Waals surface area contributed by atoms with E-state index in [-0.39, 0.29) is 12.5 Å². The van der Waals surface area contributed by atoms with Crippen molar-refractivity contribution in [2.75, 3.05) is 13.7 Å². The van der Waals surface area contributed by atoms with Crippen molar-refractivity contribution in [3.8, 4) is 0 Å². The van der Waals surface area contributed by atoms with Crippen molar-refractivity contribution < 1.29 is 14.3 Å². The number of hydrogen-bond donors (Lipinski definition) is 1. The Kier molecular flexibility index (Phi) is 5.62. The molecule has 1 aromatic carbocycles. The Morgan fingerprint density at radius 2 is 2.17 bits per heavy atom. The number of carbonyl (C=O) groups is 2. The van der Waals surface area contributed by atoms with E-state index in [1.54, 1.807) is 12.1 Å². The summed E-state index contributed by atoms with van der Waals surface area (Å²) in [5.41, 5.74) is 1.39. The van der Waals surface area contributed by atoms with Gasteiger partial charge in [0.05, 0.1) is 7.11 Å². The summed E-state index contributed by atoms with van der Waals surface area (Å²) in [5.74, 6) is -0.834. The van der Waals surface area contributed by atoms with E-state index in [1.165, 1.54) is 7.11 Å². The fourth-order valence-electron chi connectivity index (χ4n) is 1.37. The van der Waals surface area contributed by atoms with Crippen LogP contribution in [-0.4, -0.2) is 30.9 Å². The molecule has 4 nitrogen and oxygen atoms in total. The molecule has 0 aliphatic heterocycles. The first-order chi connectivity index (χ1) is 8.45. The Balaban J connectivity index is 2.63. The van der Waals surface area contributed by atoms with Gasteiger partial charge in [0.1, 0.15) is 5.38 Å². The molecule has 1 N–H and O–H groups in total. The summed E-state index contributed by atoms with van der Waals surface area (Å²) in [6.07, 6.45) is 0. The van der Waals surface area contributed by atoms with Gasteiger partial charge in [-0.15, -0.1) is 11.6 Å². The van der Waals surface area contributed by atoms with Crippen LogP contribution in [0.25, 0.3) is 0 Å². The Morgan fingerprint density at radius 3 is 2.72 bits per heavy atom. The summed E-state index contributed by atoms with van der Waals surface area (Å²) < 4.78 is 5.37. The predicted molar refractivity (Wildman–Crippen MR) is 72.9 cm³/mol. The number of benzene rings is 1. The summed E-state index contributed by atoms with van der Waals surface area (Å²) in [6, 6.07) is 5.32. The summed E-state index contributed by atoms with van der Waals surface area (Å²) >= 11 is 9.05. The number of halogens is 2. The number of esters is 1. The molecule has 0 heterocycles. The van der Waals surface area contributed by atoms with E-state index in [0.717, 1.165) is 10.0 Å². The highest BCUT2D eigenvalue weighted by molar-refractivity contribution is 9.10. The number of rotatable bonds is 4. The zero-order valence-corrected chi connectivity index (χ0v) is 12.3. The lowest BCUT2D eigenvalue weighted by molar-refractivity contribution is -0.140. The number of hydrogen-bond acceptors (Lipinski definition) is 3. The molecule has 0 aliphatic rings. The molecule has 98 valence electrons. The van der Waals surface area contributed by atoms with Gasteiger partial charge in [-0.3, -0.25) is 9.59 Å². The smallest absolute Gasteiger partial charge is 0.325 e. The molecule has 0 radical (unpaired) electrons. The number of methoxy groups -OCH3 is 1. The maximum Gasteiger partial charge on any atom is 0.325 e. The molecule has 0 aromatic heterocycles. The van der Waals surface area contributed by atoms with Crippen LogP contribution in [0.15, 0.2) is 22.7 Å². The molecule has 1 rings (SSSR count). The van der Waals surface area contributed by atoms with E-state index in [2.05, 4.69) is 26.0 Å². The Morgan fingerprint density at radius 1 is 1.50 bits per heavy atom. The molecule has 1 amide bonds. The van der Waals surface area contributed by atoms with Gasteiger partial charge in [0, 0.05) is 16.6 Å². The minimum Gasteiger partial charge on any atom is -0.468 e. The molecule has 0 bridgehead atoms. The van der Waals surface area contributed by atoms with Gasteiger partial charge in [0.25, 0.3) is 5.91 Å². The largest absolute Gasteiger partial charge is 0.468 e. The van der Waals surface area contributed by atoms with Crippen LogP contribution in [0.3, 0.4) is 0 Å². The fraction of sp³-hybridized carbons (Fsp3) is 0.333. The molecular weight excluding hydrogens is 321 g/mol. The van der Waals surface area contributed by atoms with Crippen LogP contribution < -0.4 is 5.32 Å². The molecule has 1 unspecified atom stereocenters. The first-order valence-electron chi connectivity index (χ1n) is 5.22. The van der Waals surface area contributed by atoms with E-state index in [0.29, 0.717) is 5.56 Å². The second-order valence-electron chi connectivity index (χ2n) is 3.66. The number of amides is 1. The zero-order chi connectivity index (χ0) is 13.7. The molecule has 1 atom stereocenters. The van der Waals surface area contributed by atoms with Crippen LogP contribution in [0.2, 0.25) is 0 Å². The van der Waals surface area contributed by atoms with E-state index in [1.807, 2.05) is 13.0 Å². The van der Waals surface area contributed by atoms with E-state index >= 15 is 0 Å². The second-order valence-corrected chi connectivity index (χ2v) is 5.10. The van der Waals surface area contributed by atoms with Crippen molar-refractivity contribution in [2.24, 2.45) is 0 Å². The van der Waals surface area contributed by atoms with Gasteiger partial charge >= 0.3 is 5.97 Å². The number of carbonyl (C=O) groups excluding carboxylic acids is 2. The monoisotopic (exact) mass is 333 g/mol. The molecule has 0 aliphatic carbocycles. The third-order valence-electron chi connectivity index (χ3n) is 2.33. The van der Waals surface area contributed by atoms with E-state index in [9.17, 15) is 9.59 Å². The van der Waals surface area contributed by atoms with Crippen LogP contribution in [0.1, 0.15) is 15.9 Å². The standard InChI is InChI=1S/C12H13BrClNO3/c1-7-5-8(13)3-4-9(7)11(16)15-6-10(14)12(17)18-2/h3-5,10H,6H2,1-2H3,(H,15,16). The fourth-order valence-corrected chi connectivity index (χ4v) is 2.01. The number of nitrogens with one attached hydrogen (secondary N) is 1. The Bertz CT molecular complexity index is 465. The molecular formula is C12H13BrClNO3. The Labute approximate surface area is 119 Å². The molecule has 0 saturated heterocycles. The van der Waals surface area contributed by atoms with Crippen molar-refractivity contribution in [1.82, 2.24) is 5.32 Å². The highest BCUT2D eigenvalue weighted by Crippen LogP contribution is 2.15. The Hall–Kier alpha value is -1.07. The number of alkyl halides is 1. The van der Waals surface area contributed by atoms with Gasteiger partial charge in [0.15, 0.2) is 0 Å². The normalized spacial score (nSPS) is 11.8. The molecule has 18 heavy (non-hydrogen) atoms. The molecule has 0 fully saturated rings. The summed E-state index contributed by atoms with van der Waals surface area (Å²) in [5, 5.41) is 1.71. The van der Waals surface area contributed by atoms with Crippen molar-refractivity contribution >= 4 is 39.4 Å². The van der Waals surface area contributed by atoms with Crippen molar-refractivity contribution in [3.63, 3.8) is 0 Å². The van der Waals surface area contributed by atoms with Crippen LogP contribution in [-0.2, 0) is 9.53 Å². The van der Waals surface area contributed by atoms with Gasteiger partial charge in [-0.05, 0) is 30.7 Å².